The number of hydrogen-bond acceptors (Lipinski definition) is 4. The Kier molecular flexibility index (Phi) is 9.78. The number of nitrogens with one attached hydrogen (secondary N) is 1. The fourth-order valence-corrected chi connectivity index (χ4v) is 4.42. The molecule has 7 heteroatoms. The van der Waals surface area contributed by atoms with Crippen LogP contribution in [0.2, 0.25) is 0 Å². The van der Waals surface area contributed by atoms with Gasteiger partial charge in [-0.15, -0.1) is 0 Å². The Labute approximate surface area is 232 Å². The maximum atomic E-state index is 13.7. The molecule has 4 rings (SSSR count). The normalized spacial score (nSPS) is 13.5. The molecule has 0 radical (unpaired) electrons. The molecule has 0 saturated heterocycles. The van der Waals surface area contributed by atoms with Crippen molar-refractivity contribution in [3.05, 3.63) is 143 Å². The maximum absolute atomic E-state index is 13.7. The SMILES string of the molecule is C[C@@H](NC(=O)C[C@@H](O)C[C@@H](O)/C=C/C(=C(c1ccc(F)cc1)c1ccc(F)cc1)c1ccco1)c1ccccc1. The highest BCUT2D eigenvalue weighted by Gasteiger charge is 2.18. The zero-order valence-corrected chi connectivity index (χ0v) is 22.0. The lowest BCUT2D eigenvalue weighted by Crippen LogP contribution is -2.31. The van der Waals surface area contributed by atoms with E-state index in [-0.39, 0.29) is 24.8 Å². The molecular formula is C33H31F2NO4. The summed E-state index contributed by atoms with van der Waals surface area (Å²) in [5, 5.41) is 24.0. The van der Waals surface area contributed by atoms with Crippen molar-refractivity contribution < 1.29 is 28.2 Å². The number of aliphatic hydroxyl groups is 2. The molecule has 40 heavy (non-hydrogen) atoms. The minimum absolute atomic E-state index is 0.0719. The zero-order valence-electron chi connectivity index (χ0n) is 22.0. The third-order valence-electron chi connectivity index (χ3n) is 6.42. The van der Waals surface area contributed by atoms with Crippen LogP contribution >= 0.6 is 0 Å². The molecule has 1 heterocycles. The van der Waals surface area contributed by atoms with Crippen LogP contribution in [0, 0.1) is 11.6 Å². The molecule has 206 valence electrons. The highest BCUT2D eigenvalue weighted by Crippen LogP contribution is 2.34. The highest BCUT2D eigenvalue weighted by molar-refractivity contribution is 6.01. The number of carbonyl (C=O) groups is 1. The van der Waals surface area contributed by atoms with E-state index in [1.165, 1.54) is 36.6 Å². The standard InChI is InChI=1S/C33H31F2NO4/c1-22(23-6-3-2-4-7-23)36-32(39)21-29(38)20-28(37)17-18-30(31-8-5-19-40-31)33(24-9-13-26(34)14-10-24)25-11-15-27(35)16-12-25/h2-19,22,28-29,37-38H,20-21H2,1H3,(H,36,39)/b18-17+/t22-,28+,29+/m1/s1. The van der Waals surface area contributed by atoms with Gasteiger partial charge in [0.1, 0.15) is 17.4 Å². The van der Waals surface area contributed by atoms with E-state index in [1.54, 1.807) is 42.5 Å². The van der Waals surface area contributed by atoms with Crippen LogP contribution in [0.4, 0.5) is 8.78 Å². The van der Waals surface area contributed by atoms with Crippen molar-refractivity contribution in [3.8, 4) is 0 Å². The van der Waals surface area contributed by atoms with Gasteiger partial charge in [-0.1, -0.05) is 66.7 Å². The summed E-state index contributed by atoms with van der Waals surface area (Å²) in [7, 11) is 0. The molecule has 5 nitrogen and oxygen atoms in total. The molecule has 0 bridgehead atoms. The third kappa shape index (κ3) is 7.85. The summed E-state index contributed by atoms with van der Waals surface area (Å²) >= 11 is 0. The van der Waals surface area contributed by atoms with Gasteiger partial charge in [0, 0.05) is 12.0 Å². The minimum Gasteiger partial charge on any atom is -0.464 e. The molecule has 4 aromatic rings. The third-order valence-corrected chi connectivity index (χ3v) is 6.42. The summed E-state index contributed by atoms with van der Waals surface area (Å²) in [4.78, 5) is 12.4. The number of benzene rings is 3. The number of amides is 1. The lowest BCUT2D eigenvalue weighted by molar-refractivity contribution is -0.123. The molecule has 0 fully saturated rings. The van der Waals surface area contributed by atoms with E-state index in [0.29, 0.717) is 28.0 Å². The Morgan fingerprint density at radius 3 is 2.02 bits per heavy atom. The molecule has 1 amide bonds. The van der Waals surface area contributed by atoms with E-state index in [1.807, 2.05) is 37.3 Å². The first-order valence-corrected chi connectivity index (χ1v) is 13.0. The van der Waals surface area contributed by atoms with Crippen molar-refractivity contribution in [3.63, 3.8) is 0 Å². The average Bonchev–Trinajstić information content (AvgIpc) is 3.47. The van der Waals surface area contributed by atoms with Gasteiger partial charge in [0.2, 0.25) is 5.91 Å². The first kappa shape index (κ1) is 28.7. The molecule has 0 aliphatic rings. The van der Waals surface area contributed by atoms with E-state index in [2.05, 4.69) is 5.32 Å². The maximum Gasteiger partial charge on any atom is 0.223 e. The summed E-state index contributed by atoms with van der Waals surface area (Å²) < 4.78 is 33.1. The van der Waals surface area contributed by atoms with Crippen molar-refractivity contribution in [2.75, 3.05) is 0 Å². The fraction of sp³-hybridized carbons (Fsp3) is 0.182. The number of allylic oxidation sites excluding steroid dienone is 2. The number of rotatable bonds is 11. The van der Waals surface area contributed by atoms with Crippen molar-refractivity contribution in [2.24, 2.45) is 0 Å². The smallest absolute Gasteiger partial charge is 0.223 e. The number of hydrogen-bond donors (Lipinski definition) is 3. The van der Waals surface area contributed by atoms with Gasteiger partial charge in [-0.25, -0.2) is 8.78 Å². The van der Waals surface area contributed by atoms with Crippen molar-refractivity contribution in [2.45, 2.75) is 38.0 Å². The predicted octanol–water partition coefficient (Wildman–Crippen LogP) is 6.45. The molecular weight excluding hydrogens is 512 g/mol. The van der Waals surface area contributed by atoms with Gasteiger partial charge in [0.25, 0.3) is 0 Å². The Balaban J connectivity index is 1.54. The zero-order chi connectivity index (χ0) is 28.5. The Bertz CT molecular complexity index is 1380. The predicted molar refractivity (Wildman–Crippen MR) is 151 cm³/mol. The number of aliphatic hydroxyl groups excluding tert-OH is 2. The van der Waals surface area contributed by atoms with Gasteiger partial charge in [-0.2, -0.15) is 0 Å². The van der Waals surface area contributed by atoms with E-state index < -0.39 is 23.8 Å². The second kappa shape index (κ2) is 13.6. The van der Waals surface area contributed by atoms with Gasteiger partial charge >= 0.3 is 0 Å². The van der Waals surface area contributed by atoms with Gasteiger partial charge in [0.15, 0.2) is 0 Å². The van der Waals surface area contributed by atoms with Gasteiger partial charge < -0.3 is 19.9 Å². The van der Waals surface area contributed by atoms with Crippen LogP contribution in [0.3, 0.4) is 0 Å². The summed E-state index contributed by atoms with van der Waals surface area (Å²) in [5.74, 6) is -0.652. The molecule has 3 N–H and O–H groups in total. The largest absolute Gasteiger partial charge is 0.464 e. The van der Waals surface area contributed by atoms with E-state index in [9.17, 15) is 23.8 Å². The van der Waals surface area contributed by atoms with Crippen molar-refractivity contribution in [1.82, 2.24) is 5.32 Å². The Morgan fingerprint density at radius 2 is 1.48 bits per heavy atom. The lowest BCUT2D eigenvalue weighted by atomic mass is 9.91. The van der Waals surface area contributed by atoms with E-state index >= 15 is 0 Å². The quantitative estimate of drug-likeness (QED) is 0.190. The van der Waals surface area contributed by atoms with Crippen molar-refractivity contribution in [1.29, 1.82) is 0 Å². The topological polar surface area (TPSA) is 82.7 Å². The van der Waals surface area contributed by atoms with Gasteiger partial charge in [0.05, 0.1) is 30.9 Å². The molecule has 0 unspecified atom stereocenters. The van der Waals surface area contributed by atoms with Crippen LogP contribution in [0.1, 0.15) is 48.3 Å². The van der Waals surface area contributed by atoms with Crippen molar-refractivity contribution >= 4 is 17.1 Å². The summed E-state index contributed by atoms with van der Waals surface area (Å²) in [5.41, 5.74) is 3.45. The molecule has 0 spiro atoms. The Hall–Kier alpha value is -4.33. The van der Waals surface area contributed by atoms with Crippen LogP contribution < -0.4 is 5.32 Å². The summed E-state index contributed by atoms with van der Waals surface area (Å²) in [6.45, 7) is 1.86. The molecule has 3 atom stereocenters. The number of furan rings is 1. The molecule has 0 aliphatic heterocycles. The molecule has 3 aromatic carbocycles. The van der Waals surface area contributed by atoms with Crippen LogP contribution in [0.15, 0.2) is 114 Å². The number of halogens is 2. The highest BCUT2D eigenvalue weighted by atomic mass is 19.1. The summed E-state index contributed by atoms with van der Waals surface area (Å²) in [6, 6.07) is 24.5. The van der Waals surface area contributed by atoms with Crippen LogP contribution in [-0.2, 0) is 4.79 Å². The average molecular weight is 544 g/mol. The fourth-order valence-electron chi connectivity index (χ4n) is 4.42. The first-order valence-electron chi connectivity index (χ1n) is 13.0. The van der Waals surface area contributed by atoms with Gasteiger partial charge in [-0.3, -0.25) is 4.79 Å². The van der Waals surface area contributed by atoms with Crippen LogP contribution in [-0.4, -0.2) is 28.3 Å². The molecule has 1 aromatic heterocycles. The van der Waals surface area contributed by atoms with Crippen LogP contribution in [0.25, 0.3) is 11.1 Å². The minimum atomic E-state index is -1.08. The lowest BCUT2D eigenvalue weighted by Gasteiger charge is -2.17. The monoisotopic (exact) mass is 543 g/mol. The molecule has 0 aliphatic carbocycles. The second-order valence-electron chi connectivity index (χ2n) is 9.50. The molecule has 0 saturated carbocycles. The van der Waals surface area contributed by atoms with E-state index in [4.69, 9.17) is 4.42 Å². The first-order chi connectivity index (χ1) is 19.3. The number of carbonyl (C=O) groups excluding carboxylic acids is 1. The second-order valence-corrected chi connectivity index (χ2v) is 9.50. The van der Waals surface area contributed by atoms with Gasteiger partial charge in [-0.05, 0) is 65.6 Å². The Morgan fingerprint density at radius 1 is 0.875 bits per heavy atom. The van der Waals surface area contributed by atoms with Crippen LogP contribution in [0.5, 0.6) is 0 Å². The summed E-state index contributed by atoms with van der Waals surface area (Å²) in [6.07, 6.45) is 2.26. The van der Waals surface area contributed by atoms with E-state index in [0.717, 1.165) is 5.56 Å².